The first kappa shape index (κ1) is 10.5. The molecule has 0 fully saturated rings. The van der Waals surface area contributed by atoms with Crippen molar-refractivity contribution in [2.75, 3.05) is 0 Å². The van der Waals surface area contributed by atoms with Crippen LogP contribution in [0.1, 0.15) is 24.2 Å². The Balaban J connectivity index is 3.05. The molecular weight excluding hydrogens is 180 g/mol. The van der Waals surface area contributed by atoms with E-state index in [1.165, 1.54) is 0 Å². The molecule has 3 nitrogen and oxygen atoms in total. The van der Waals surface area contributed by atoms with Gasteiger partial charge in [-0.1, -0.05) is 30.4 Å². The molecule has 0 aliphatic rings. The van der Waals surface area contributed by atoms with Crippen molar-refractivity contribution in [3.05, 3.63) is 42.0 Å². The largest absolute Gasteiger partial charge is 0.479 e. The topological polar surface area (TPSA) is 57.5 Å². The molecule has 0 aromatic heterocycles. The van der Waals surface area contributed by atoms with Gasteiger partial charge in [-0.2, -0.15) is 0 Å². The standard InChI is InChI=1S/C11H12O3/c1-7(2)8-4-3-5-9(6-8)10(12)11(13)14/h3-6,10,12H,1H2,2H3,(H,13,14). The lowest BCUT2D eigenvalue weighted by Gasteiger charge is -2.07. The smallest absolute Gasteiger partial charge is 0.337 e. The third-order valence-electron chi connectivity index (χ3n) is 1.93. The van der Waals surface area contributed by atoms with E-state index in [2.05, 4.69) is 6.58 Å². The van der Waals surface area contributed by atoms with E-state index in [1.807, 2.05) is 13.0 Å². The van der Waals surface area contributed by atoms with Crippen LogP contribution in [-0.4, -0.2) is 16.2 Å². The molecule has 0 bridgehead atoms. The van der Waals surface area contributed by atoms with Crippen LogP contribution in [0.3, 0.4) is 0 Å². The molecule has 3 heteroatoms. The molecular formula is C11H12O3. The zero-order chi connectivity index (χ0) is 10.7. The van der Waals surface area contributed by atoms with E-state index in [1.54, 1.807) is 18.2 Å². The lowest BCUT2D eigenvalue weighted by atomic mass is 10.0. The van der Waals surface area contributed by atoms with E-state index in [0.717, 1.165) is 11.1 Å². The van der Waals surface area contributed by atoms with Crippen LogP contribution in [0, 0.1) is 0 Å². The third-order valence-corrected chi connectivity index (χ3v) is 1.93. The van der Waals surface area contributed by atoms with Crippen LogP contribution < -0.4 is 0 Å². The minimum absolute atomic E-state index is 0.373. The summed E-state index contributed by atoms with van der Waals surface area (Å²) in [7, 11) is 0. The minimum atomic E-state index is -1.46. The second-order valence-corrected chi connectivity index (χ2v) is 3.15. The summed E-state index contributed by atoms with van der Waals surface area (Å²) in [6, 6.07) is 6.72. The van der Waals surface area contributed by atoms with E-state index in [9.17, 15) is 9.90 Å². The molecule has 0 heterocycles. The van der Waals surface area contributed by atoms with Gasteiger partial charge in [0.05, 0.1) is 0 Å². The maximum Gasteiger partial charge on any atom is 0.337 e. The Morgan fingerprint density at radius 1 is 1.50 bits per heavy atom. The summed E-state index contributed by atoms with van der Waals surface area (Å²) in [6.45, 7) is 5.57. The van der Waals surface area contributed by atoms with Gasteiger partial charge in [-0.3, -0.25) is 0 Å². The molecule has 0 amide bonds. The van der Waals surface area contributed by atoms with Crippen LogP contribution in [0.5, 0.6) is 0 Å². The number of carbonyl (C=O) groups is 1. The van der Waals surface area contributed by atoms with Crippen LogP contribution in [0.15, 0.2) is 30.8 Å². The molecule has 0 aliphatic heterocycles. The van der Waals surface area contributed by atoms with Crippen molar-refractivity contribution in [3.8, 4) is 0 Å². The molecule has 0 aliphatic carbocycles. The molecule has 0 spiro atoms. The van der Waals surface area contributed by atoms with Crippen LogP contribution in [-0.2, 0) is 4.79 Å². The van der Waals surface area contributed by atoms with Crippen molar-refractivity contribution >= 4 is 11.5 Å². The minimum Gasteiger partial charge on any atom is -0.479 e. The highest BCUT2D eigenvalue weighted by Gasteiger charge is 2.15. The summed E-state index contributed by atoms with van der Waals surface area (Å²) in [4.78, 5) is 10.5. The van der Waals surface area contributed by atoms with Gasteiger partial charge in [-0.15, -0.1) is 0 Å². The summed E-state index contributed by atoms with van der Waals surface area (Å²) in [5.74, 6) is -1.25. The molecule has 1 atom stereocenters. The Hall–Kier alpha value is -1.61. The van der Waals surface area contributed by atoms with E-state index < -0.39 is 12.1 Å². The number of hydrogen-bond donors (Lipinski definition) is 2. The summed E-state index contributed by atoms with van der Waals surface area (Å²) < 4.78 is 0. The van der Waals surface area contributed by atoms with Gasteiger partial charge in [0.2, 0.25) is 0 Å². The van der Waals surface area contributed by atoms with Gasteiger partial charge in [-0.25, -0.2) is 4.79 Å². The predicted octanol–water partition coefficient (Wildman–Crippen LogP) is 1.84. The van der Waals surface area contributed by atoms with Gasteiger partial charge in [0.15, 0.2) is 6.10 Å². The number of aliphatic hydroxyl groups excluding tert-OH is 1. The number of carboxylic acid groups (broad SMARTS) is 1. The van der Waals surface area contributed by atoms with Crippen molar-refractivity contribution in [2.24, 2.45) is 0 Å². The van der Waals surface area contributed by atoms with Gasteiger partial charge >= 0.3 is 5.97 Å². The van der Waals surface area contributed by atoms with Gasteiger partial charge in [0.1, 0.15) is 0 Å². The van der Waals surface area contributed by atoms with Crippen LogP contribution in [0.4, 0.5) is 0 Å². The highest BCUT2D eigenvalue weighted by atomic mass is 16.4. The number of carboxylic acids is 1. The lowest BCUT2D eigenvalue weighted by molar-refractivity contribution is -0.146. The van der Waals surface area contributed by atoms with Gasteiger partial charge in [0, 0.05) is 0 Å². The van der Waals surface area contributed by atoms with Crippen LogP contribution in [0.2, 0.25) is 0 Å². The van der Waals surface area contributed by atoms with E-state index >= 15 is 0 Å². The number of aliphatic carboxylic acids is 1. The first-order valence-corrected chi connectivity index (χ1v) is 4.19. The average Bonchev–Trinajstić information content (AvgIpc) is 2.16. The SMILES string of the molecule is C=C(C)c1cccc(C(O)C(=O)O)c1. The zero-order valence-electron chi connectivity index (χ0n) is 7.90. The summed E-state index contributed by atoms with van der Waals surface area (Å²) in [5, 5.41) is 17.9. The molecule has 0 saturated carbocycles. The molecule has 0 radical (unpaired) electrons. The molecule has 14 heavy (non-hydrogen) atoms. The van der Waals surface area contributed by atoms with Gasteiger partial charge < -0.3 is 10.2 Å². The van der Waals surface area contributed by atoms with E-state index in [-0.39, 0.29) is 0 Å². The van der Waals surface area contributed by atoms with E-state index in [0.29, 0.717) is 5.56 Å². The number of aliphatic hydroxyl groups is 1. The number of hydrogen-bond acceptors (Lipinski definition) is 2. The summed E-state index contributed by atoms with van der Waals surface area (Å²) in [5.41, 5.74) is 2.05. The Bertz CT molecular complexity index is 369. The Labute approximate surface area is 82.3 Å². The average molecular weight is 192 g/mol. The van der Waals surface area contributed by atoms with Gasteiger partial charge in [-0.05, 0) is 24.1 Å². The Kier molecular flexibility index (Phi) is 3.04. The molecule has 1 aromatic carbocycles. The van der Waals surface area contributed by atoms with Crippen LogP contribution in [0.25, 0.3) is 5.57 Å². The first-order valence-electron chi connectivity index (χ1n) is 4.19. The fraction of sp³-hybridized carbons (Fsp3) is 0.182. The van der Waals surface area contributed by atoms with Gasteiger partial charge in [0.25, 0.3) is 0 Å². The monoisotopic (exact) mass is 192 g/mol. The molecule has 0 saturated heterocycles. The lowest BCUT2D eigenvalue weighted by Crippen LogP contribution is -2.10. The molecule has 74 valence electrons. The summed E-state index contributed by atoms with van der Waals surface area (Å²) in [6.07, 6.45) is -1.46. The molecule has 1 rings (SSSR count). The highest BCUT2D eigenvalue weighted by Crippen LogP contribution is 2.18. The molecule has 2 N–H and O–H groups in total. The van der Waals surface area contributed by atoms with Crippen molar-refractivity contribution in [1.29, 1.82) is 0 Å². The van der Waals surface area contributed by atoms with Crippen molar-refractivity contribution in [1.82, 2.24) is 0 Å². The van der Waals surface area contributed by atoms with Crippen molar-refractivity contribution in [3.63, 3.8) is 0 Å². The summed E-state index contributed by atoms with van der Waals surface area (Å²) >= 11 is 0. The Morgan fingerprint density at radius 3 is 2.64 bits per heavy atom. The third kappa shape index (κ3) is 2.20. The highest BCUT2D eigenvalue weighted by molar-refractivity contribution is 5.74. The number of benzene rings is 1. The quantitative estimate of drug-likeness (QED) is 0.768. The molecule has 1 unspecified atom stereocenters. The maximum absolute atomic E-state index is 10.5. The normalized spacial score (nSPS) is 12.1. The van der Waals surface area contributed by atoms with Crippen molar-refractivity contribution < 1.29 is 15.0 Å². The second-order valence-electron chi connectivity index (χ2n) is 3.15. The maximum atomic E-state index is 10.5. The first-order chi connectivity index (χ1) is 6.52. The second kappa shape index (κ2) is 4.07. The predicted molar refractivity (Wildman–Crippen MR) is 53.7 cm³/mol. The number of rotatable bonds is 3. The fourth-order valence-electron chi connectivity index (χ4n) is 1.12. The van der Waals surface area contributed by atoms with E-state index in [4.69, 9.17) is 5.11 Å². The van der Waals surface area contributed by atoms with Crippen molar-refractivity contribution in [2.45, 2.75) is 13.0 Å². The zero-order valence-corrected chi connectivity index (χ0v) is 7.90. The number of allylic oxidation sites excluding steroid dienone is 1. The Morgan fingerprint density at radius 2 is 2.14 bits per heavy atom. The van der Waals surface area contributed by atoms with Crippen LogP contribution >= 0.6 is 0 Å². The molecule has 1 aromatic rings. The fourth-order valence-corrected chi connectivity index (χ4v) is 1.12.